The SMILES string of the molecule is CN1CC[C@@H]2C[C@H](NC(=O)OCc3ccccc3)C[C@@H]2C1. The van der Waals surface area contributed by atoms with Crippen molar-refractivity contribution in [3.05, 3.63) is 35.9 Å². The van der Waals surface area contributed by atoms with Crippen LogP contribution in [0.4, 0.5) is 4.79 Å². The van der Waals surface area contributed by atoms with Crippen molar-refractivity contribution in [1.82, 2.24) is 10.2 Å². The van der Waals surface area contributed by atoms with Gasteiger partial charge < -0.3 is 15.0 Å². The van der Waals surface area contributed by atoms with E-state index in [4.69, 9.17) is 4.74 Å². The van der Waals surface area contributed by atoms with Gasteiger partial charge in [-0.25, -0.2) is 4.79 Å². The molecule has 1 N–H and O–H groups in total. The van der Waals surface area contributed by atoms with Crippen LogP contribution >= 0.6 is 0 Å². The Bertz CT molecular complexity index is 477. The zero-order chi connectivity index (χ0) is 14.7. The molecular weight excluding hydrogens is 264 g/mol. The summed E-state index contributed by atoms with van der Waals surface area (Å²) in [6, 6.07) is 10.1. The number of ether oxygens (including phenoxy) is 1. The molecule has 2 fully saturated rings. The molecule has 0 aromatic heterocycles. The van der Waals surface area contributed by atoms with Gasteiger partial charge in [-0.3, -0.25) is 0 Å². The number of carbonyl (C=O) groups excluding carboxylic acids is 1. The molecule has 0 unspecified atom stereocenters. The van der Waals surface area contributed by atoms with E-state index in [2.05, 4.69) is 17.3 Å². The standard InChI is InChI=1S/C17H24N2O2/c1-19-8-7-14-9-16(10-15(14)11-19)18-17(20)21-12-13-5-3-2-4-6-13/h2-6,14-16H,7-12H2,1H3,(H,18,20)/t14-,15-,16+/m1/s1. The fraction of sp³-hybridized carbons (Fsp3) is 0.588. The predicted molar refractivity (Wildman–Crippen MR) is 81.9 cm³/mol. The molecule has 3 rings (SSSR count). The van der Waals surface area contributed by atoms with E-state index in [1.165, 1.54) is 19.5 Å². The van der Waals surface area contributed by atoms with Crippen LogP contribution in [0.5, 0.6) is 0 Å². The van der Waals surface area contributed by atoms with Crippen LogP contribution in [0.2, 0.25) is 0 Å². The Morgan fingerprint density at radius 3 is 2.86 bits per heavy atom. The lowest BCUT2D eigenvalue weighted by Crippen LogP contribution is -2.35. The number of fused-ring (bicyclic) bond motifs is 1. The van der Waals surface area contributed by atoms with Crippen LogP contribution in [-0.2, 0) is 11.3 Å². The van der Waals surface area contributed by atoms with E-state index in [0.717, 1.165) is 30.2 Å². The zero-order valence-corrected chi connectivity index (χ0v) is 12.6. The molecule has 1 saturated heterocycles. The smallest absolute Gasteiger partial charge is 0.407 e. The largest absolute Gasteiger partial charge is 0.445 e. The van der Waals surface area contributed by atoms with Crippen molar-refractivity contribution < 1.29 is 9.53 Å². The second-order valence-corrected chi connectivity index (χ2v) is 6.45. The first-order valence-electron chi connectivity index (χ1n) is 7.86. The normalized spacial score (nSPS) is 28.9. The minimum absolute atomic E-state index is 0.282. The molecule has 0 bridgehead atoms. The van der Waals surface area contributed by atoms with Crippen LogP contribution in [0.25, 0.3) is 0 Å². The first kappa shape index (κ1) is 14.4. The van der Waals surface area contributed by atoms with Gasteiger partial charge in [0, 0.05) is 12.6 Å². The number of hydrogen-bond donors (Lipinski definition) is 1. The summed E-state index contributed by atoms with van der Waals surface area (Å²) >= 11 is 0. The molecule has 1 aromatic carbocycles. The first-order chi connectivity index (χ1) is 10.2. The van der Waals surface area contributed by atoms with Gasteiger partial charge in [0.2, 0.25) is 0 Å². The maximum absolute atomic E-state index is 11.9. The highest BCUT2D eigenvalue weighted by Gasteiger charge is 2.37. The third-order valence-corrected chi connectivity index (χ3v) is 4.80. The monoisotopic (exact) mass is 288 g/mol. The minimum Gasteiger partial charge on any atom is -0.445 e. The van der Waals surface area contributed by atoms with Crippen molar-refractivity contribution in [2.45, 2.75) is 31.9 Å². The Labute approximate surface area is 126 Å². The number of hydrogen-bond acceptors (Lipinski definition) is 3. The van der Waals surface area contributed by atoms with Crippen LogP contribution in [0.15, 0.2) is 30.3 Å². The number of nitrogens with one attached hydrogen (secondary N) is 1. The molecule has 4 heteroatoms. The third kappa shape index (κ3) is 3.76. The molecule has 2 aliphatic rings. The number of likely N-dealkylation sites (tertiary alicyclic amines) is 1. The van der Waals surface area contributed by atoms with Gasteiger partial charge in [0.05, 0.1) is 0 Å². The molecule has 21 heavy (non-hydrogen) atoms. The second-order valence-electron chi connectivity index (χ2n) is 6.45. The van der Waals surface area contributed by atoms with Gasteiger partial charge in [-0.2, -0.15) is 0 Å². The summed E-state index contributed by atoms with van der Waals surface area (Å²) < 4.78 is 5.30. The molecule has 0 radical (unpaired) electrons. The van der Waals surface area contributed by atoms with Gasteiger partial charge in [0.15, 0.2) is 0 Å². The molecule has 1 aromatic rings. The maximum Gasteiger partial charge on any atom is 0.407 e. The van der Waals surface area contributed by atoms with E-state index in [1.54, 1.807) is 0 Å². The first-order valence-corrected chi connectivity index (χ1v) is 7.86. The van der Waals surface area contributed by atoms with Crippen molar-refractivity contribution in [3.63, 3.8) is 0 Å². The van der Waals surface area contributed by atoms with Crippen molar-refractivity contribution in [2.75, 3.05) is 20.1 Å². The summed E-state index contributed by atoms with van der Waals surface area (Å²) in [5, 5.41) is 3.04. The number of amides is 1. The van der Waals surface area contributed by atoms with Crippen LogP contribution in [0, 0.1) is 11.8 Å². The number of carbonyl (C=O) groups is 1. The Hall–Kier alpha value is -1.55. The molecule has 1 heterocycles. The van der Waals surface area contributed by atoms with Gasteiger partial charge in [-0.15, -0.1) is 0 Å². The summed E-state index contributed by atoms with van der Waals surface area (Å²) in [7, 11) is 2.19. The number of nitrogens with zero attached hydrogens (tertiary/aromatic N) is 1. The van der Waals surface area contributed by atoms with Crippen LogP contribution < -0.4 is 5.32 Å². The average molecular weight is 288 g/mol. The number of benzene rings is 1. The van der Waals surface area contributed by atoms with Crippen molar-refractivity contribution >= 4 is 6.09 Å². The summed E-state index contributed by atoms with van der Waals surface area (Å²) in [6.45, 7) is 2.70. The van der Waals surface area contributed by atoms with Gasteiger partial charge in [-0.1, -0.05) is 30.3 Å². The summed E-state index contributed by atoms with van der Waals surface area (Å²) in [5.41, 5.74) is 1.02. The fourth-order valence-electron chi connectivity index (χ4n) is 3.72. The Kier molecular flexibility index (Phi) is 4.44. The van der Waals surface area contributed by atoms with E-state index in [0.29, 0.717) is 6.61 Å². The lowest BCUT2D eigenvalue weighted by atomic mass is 9.89. The van der Waals surface area contributed by atoms with Gasteiger partial charge >= 0.3 is 6.09 Å². The molecule has 0 spiro atoms. The maximum atomic E-state index is 11.9. The third-order valence-electron chi connectivity index (χ3n) is 4.80. The highest BCUT2D eigenvalue weighted by molar-refractivity contribution is 5.67. The van der Waals surface area contributed by atoms with Crippen molar-refractivity contribution in [1.29, 1.82) is 0 Å². The van der Waals surface area contributed by atoms with Crippen molar-refractivity contribution in [2.24, 2.45) is 11.8 Å². The predicted octanol–water partition coefficient (Wildman–Crippen LogP) is 2.64. The summed E-state index contributed by atoms with van der Waals surface area (Å²) in [5.74, 6) is 1.52. The molecule has 1 saturated carbocycles. The molecule has 1 amide bonds. The highest BCUT2D eigenvalue weighted by Crippen LogP contribution is 2.37. The van der Waals surface area contributed by atoms with E-state index in [-0.39, 0.29) is 12.1 Å². The van der Waals surface area contributed by atoms with Crippen LogP contribution in [-0.4, -0.2) is 37.2 Å². The summed E-state index contributed by atoms with van der Waals surface area (Å²) in [6.07, 6.45) is 3.18. The molecule has 1 aliphatic carbocycles. The Balaban J connectivity index is 1.43. The topological polar surface area (TPSA) is 41.6 Å². The fourth-order valence-corrected chi connectivity index (χ4v) is 3.72. The molecule has 1 aliphatic heterocycles. The van der Waals surface area contributed by atoms with Crippen molar-refractivity contribution in [3.8, 4) is 0 Å². The quantitative estimate of drug-likeness (QED) is 0.929. The van der Waals surface area contributed by atoms with Crippen LogP contribution in [0.1, 0.15) is 24.8 Å². The lowest BCUT2D eigenvalue weighted by Gasteiger charge is -2.31. The number of rotatable bonds is 3. The Morgan fingerprint density at radius 1 is 1.29 bits per heavy atom. The lowest BCUT2D eigenvalue weighted by molar-refractivity contribution is 0.135. The zero-order valence-electron chi connectivity index (χ0n) is 12.6. The van der Waals surface area contributed by atoms with Gasteiger partial charge in [0.1, 0.15) is 6.61 Å². The molecule has 114 valence electrons. The molecule has 3 atom stereocenters. The van der Waals surface area contributed by atoms with E-state index in [1.807, 2.05) is 30.3 Å². The molecule has 4 nitrogen and oxygen atoms in total. The highest BCUT2D eigenvalue weighted by atomic mass is 16.5. The number of piperidine rings is 1. The second kappa shape index (κ2) is 6.48. The van der Waals surface area contributed by atoms with E-state index >= 15 is 0 Å². The van der Waals surface area contributed by atoms with E-state index in [9.17, 15) is 4.79 Å². The molecular formula is C17H24N2O2. The number of alkyl carbamates (subject to hydrolysis) is 1. The minimum atomic E-state index is -0.282. The Morgan fingerprint density at radius 2 is 2.05 bits per heavy atom. The summed E-state index contributed by atoms with van der Waals surface area (Å²) in [4.78, 5) is 14.3. The average Bonchev–Trinajstić information content (AvgIpc) is 2.87. The van der Waals surface area contributed by atoms with Gasteiger partial charge in [0.25, 0.3) is 0 Å². The van der Waals surface area contributed by atoms with Crippen LogP contribution in [0.3, 0.4) is 0 Å². The van der Waals surface area contributed by atoms with Gasteiger partial charge in [-0.05, 0) is 50.3 Å². The van der Waals surface area contributed by atoms with E-state index < -0.39 is 0 Å².